The summed E-state index contributed by atoms with van der Waals surface area (Å²) >= 11 is 13.9. The van der Waals surface area contributed by atoms with Crippen LogP contribution in [0.4, 0.5) is 4.79 Å². The third-order valence-electron chi connectivity index (χ3n) is 4.19. The summed E-state index contributed by atoms with van der Waals surface area (Å²) in [7, 11) is 0. The van der Waals surface area contributed by atoms with Crippen LogP contribution in [-0.4, -0.2) is 28.0 Å². The molecule has 1 aliphatic rings. The van der Waals surface area contributed by atoms with Gasteiger partial charge in [-0.15, -0.1) is 0 Å². The quantitative estimate of drug-likeness (QED) is 0.522. The number of rotatable bonds is 2. The number of halogens is 2. The molecule has 28 heavy (non-hydrogen) atoms. The van der Waals surface area contributed by atoms with E-state index in [1.165, 1.54) is 11.8 Å². The van der Waals surface area contributed by atoms with Gasteiger partial charge >= 0.3 is 6.09 Å². The van der Waals surface area contributed by atoms with E-state index in [2.05, 4.69) is 0 Å². The minimum Gasteiger partial charge on any atom is -0.443 e. The summed E-state index contributed by atoms with van der Waals surface area (Å²) in [6.07, 6.45) is 1.46. The zero-order chi connectivity index (χ0) is 20.5. The number of carbonyl (C=O) groups excluding carboxylic acids is 1. The lowest BCUT2D eigenvalue weighted by atomic mass is 9.94. The molecule has 2 aromatic rings. The SMILES string of the molecule is CSC1=N[C@@H](c2cccc(Cl)c2)[C@@H](c2cccc(Cl)c2)N1C(=O)OC(C)(C)C. The summed E-state index contributed by atoms with van der Waals surface area (Å²) in [6.45, 7) is 5.54. The Bertz CT molecular complexity index is 911. The molecule has 1 amide bonds. The fraction of sp³-hybridized carbons (Fsp3) is 0.333. The molecule has 0 spiro atoms. The van der Waals surface area contributed by atoms with E-state index in [0.717, 1.165) is 11.1 Å². The third-order valence-corrected chi connectivity index (χ3v) is 5.32. The summed E-state index contributed by atoms with van der Waals surface area (Å²) in [5.41, 5.74) is 1.19. The lowest BCUT2D eigenvalue weighted by Gasteiger charge is -2.31. The van der Waals surface area contributed by atoms with Crippen LogP contribution in [0.15, 0.2) is 53.5 Å². The van der Waals surface area contributed by atoms with Crippen molar-refractivity contribution >= 4 is 46.2 Å². The van der Waals surface area contributed by atoms with E-state index < -0.39 is 11.7 Å². The molecule has 148 valence electrons. The molecule has 0 N–H and O–H groups in total. The Morgan fingerprint density at radius 2 is 1.64 bits per heavy atom. The Morgan fingerprint density at radius 3 is 2.18 bits per heavy atom. The fourth-order valence-corrected chi connectivity index (χ4v) is 4.14. The number of aliphatic imine (C=N–C) groups is 1. The second kappa shape index (κ2) is 8.36. The van der Waals surface area contributed by atoms with Crippen molar-refractivity contribution in [2.75, 3.05) is 6.26 Å². The standard InChI is InChI=1S/C21H22Cl2N2O2S/c1-21(2,3)27-20(26)25-18(14-8-6-10-16(23)12-14)17(24-19(25)28-4)13-7-5-9-15(22)11-13/h5-12,17-18H,1-4H3/t17-,18+/m0/s1. The van der Waals surface area contributed by atoms with Gasteiger partial charge in [-0.25, -0.2) is 9.69 Å². The van der Waals surface area contributed by atoms with Gasteiger partial charge in [0, 0.05) is 10.0 Å². The molecule has 1 heterocycles. The highest BCUT2D eigenvalue weighted by Gasteiger charge is 2.43. The Hall–Kier alpha value is -1.69. The van der Waals surface area contributed by atoms with Gasteiger partial charge in [0.15, 0.2) is 5.17 Å². The van der Waals surface area contributed by atoms with Crippen molar-refractivity contribution in [3.63, 3.8) is 0 Å². The van der Waals surface area contributed by atoms with Gasteiger partial charge in [0.1, 0.15) is 11.6 Å². The monoisotopic (exact) mass is 436 g/mol. The second-order valence-electron chi connectivity index (χ2n) is 7.47. The number of nitrogens with zero attached hydrogens (tertiary/aromatic N) is 2. The predicted octanol–water partition coefficient (Wildman–Crippen LogP) is 6.75. The number of benzene rings is 2. The van der Waals surface area contributed by atoms with E-state index in [9.17, 15) is 4.79 Å². The maximum Gasteiger partial charge on any atom is 0.417 e. The maximum atomic E-state index is 13.1. The third kappa shape index (κ3) is 4.65. The minimum absolute atomic E-state index is 0.313. The first kappa shape index (κ1) is 21.0. The molecule has 0 fully saturated rings. The van der Waals surface area contributed by atoms with E-state index in [1.54, 1.807) is 4.90 Å². The van der Waals surface area contributed by atoms with Crippen molar-refractivity contribution in [1.82, 2.24) is 4.90 Å². The Labute approximate surface area is 179 Å². The first-order valence-corrected chi connectivity index (χ1v) is 10.8. The molecule has 0 saturated heterocycles. The Kier molecular flexibility index (Phi) is 6.28. The summed E-state index contributed by atoms with van der Waals surface area (Å²) in [5.74, 6) is 0. The van der Waals surface area contributed by atoms with E-state index in [-0.39, 0.29) is 12.1 Å². The van der Waals surface area contributed by atoms with Crippen molar-refractivity contribution in [2.45, 2.75) is 38.5 Å². The number of thioether (sulfide) groups is 1. The number of amidine groups is 1. The number of carbonyl (C=O) groups is 1. The van der Waals surface area contributed by atoms with Crippen LogP contribution in [0.5, 0.6) is 0 Å². The van der Waals surface area contributed by atoms with Crippen LogP contribution in [0.3, 0.4) is 0 Å². The zero-order valence-electron chi connectivity index (χ0n) is 16.1. The summed E-state index contributed by atoms with van der Waals surface area (Å²) in [5, 5.41) is 1.83. The van der Waals surface area contributed by atoms with Crippen LogP contribution in [-0.2, 0) is 4.74 Å². The van der Waals surface area contributed by atoms with Gasteiger partial charge < -0.3 is 4.74 Å². The second-order valence-corrected chi connectivity index (χ2v) is 9.11. The number of ether oxygens (including phenoxy) is 1. The molecule has 0 radical (unpaired) electrons. The van der Waals surface area contributed by atoms with Crippen LogP contribution in [0.2, 0.25) is 10.0 Å². The van der Waals surface area contributed by atoms with Gasteiger partial charge in [-0.1, -0.05) is 59.2 Å². The van der Waals surface area contributed by atoms with Crippen LogP contribution in [0.1, 0.15) is 44.0 Å². The minimum atomic E-state index is -0.617. The molecule has 1 aliphatic heterocycles. The lowest BCUT2D eigenvalue weighted by Crippen LogP contribution is -2.40. The highest BCUT2D eigenvalue weighted by Crippen LogP contribution is 2.45. The molecule has 0 unspecified atom stereocenters. The molecule has 2 atom stereocenters. The molecule has 0 bridgehead atoms. The molecule has 2 aromatic carbocycles. The molecule has 4 nitrogen and oxygen atoms in total. The molecule has 0 aromatic heterocycles. The predicted molar refractivity (Wildman–Crippen MR) is 117 cm³/mol. The molecule has 0 saturated carbocycles. The van der Waals surface area contributed by atoms with Crippen molar-refractivity contribution < 1.29 is 9.53 Å². The average Bonchev–Trinajstić information content (AvgIpc) is 3.00. The summed E-state index contributed by atoms with van der Waals surface area (Å²) < 4.78 is 5.68. The highest BCUT2D eigenvalue weighted by atomic mass is 35.5. The summed E-state index contributed by atoms with van der Waals surface area (Å²) in [6, 6.07) is 14.3. The van der Waals surface area contributed by atoms with Crippen molar-refractivity contribution in [1.29, 1.82) is 0 Å². The van der Waals surface area contributed by atoms with E-state index in [0.29, 0.717) is 15.2 Å². The molecule has 7 heteroatoms. The fourth-order valence-electron chi connectivity index (χ4n) is 3.14. The van der Waals surface area contributed by atoms with Gasteiger partial charge in [-0.05, 0) is 62.4 Å². The largest absolute Gasteiger partial charge is 0.443 e. The smallest absolute Gasteiger partial charge is 0.417 e. The zero-order valence-corrected chi connectivity index (χ0v) is 18.5. The topological polar surface area (TPSA) is 41.9 Å². The van der Waals surface area contributed by atoms with Crippen molar-refractivity contribution in [3.05, 3.63) is 69.7 Å². The van der Waals surface area contributed by atoms with E-state index >= 15 is 0 Å². The first-order valence-electron chi connectivity index (χ1n) is 8.84. The highest BCUT2D eigenvalue weighted by molar-refractivity contribution is 8.13. The number of hydrogen-bond acceptors (Lipinski definition) is 4. The van der Waals surface area contributed by atoms with Gasteiger partial charge in [0.25, 0.3) is 0 Å². The van der Waals surface area contributed by atoms with Gasteiger partial charge in [0.05, 0.1) is 6.04 Å². The van der Waals surface area contributed by atoms with Gasteiger partial charge in [-0.2, -0.15) is 0 Å². The van der Waals surface area contributed by atoms with E-state index in [4.69, 9.17) is 32.9 Å². The summed E-state index contributed by atoms with van der Waals surface area (Å²) in [4.78, 5) is 19.6. The number of amides is 1. The molecule has 0 aliphatic carbocycles. The van der Waals surface area contributed by atoms with Crippen LogP contribution < -0.4 is 0 Å². The normalized spacial score (nSPS) is 19.5. The van der Waals surface area contributed by atoms with Crippen LogP contribution in [0.25, 0.3) is 0 Å². The first-order chi connectivity index (χ1) is 13.2. The number of hydrogen-bond donors (Lipinski definition) is 0. The Balaban J connectivity index is 2.11. The van der Waals surface area contributed by atoms with Crippen molar-refractivity contribution in [3.8, 4) is 0 Å². The van der Waals surface area contributed by atoms with E-state index in [1.807, 2.05) is 75.6 Å². The van der Waals surface area contributed by atoms with Gasteiger partial charge in [0.2, 0.25) is 0 Å². The van der Waals surface area contributed by atoms with Crippen molar-refractivity contribution in [2.24, 2.45) is 4.99 Å². The Morgan fingerprint density at radius 1 is 1.07 bits per heavy atom. The average molecular weight is 437 g/mol. The molecular weight excluding hydrogens is 415 g/mol. The lowest BCUT2D eigenvalue weighted by molar-refractivity contribution is 0.0320. The van der Waals surface area contributed by atoms with Crippen LogP contribution >= 0.6 is 35.0 Å². The maximum absolute atomic E-state index is 13.1. The molecular formula is C21H22Cl2N2O2S. The van der Waals surface area contributed by atoms with Gasteiger partial charge in [-0.3, -0.25) is 4.99 Å². The molecule has 3 rings (SSSR count). The van der Waals surface area contributed by atoms with Crippen LogP contribution in [0, 0.1) is 0 Å².